The predicted molar refractivity (Wildman–Crippen MR) is 104 cm³/mol. The molecular weight excluding hydrogens is 382 g/mol. The lowest BCUT2D eigenvalue weighted by atomic mass is 9.80. The Kier molecular flexibility index (Phi) is 4.22. The fourth-order valence-electron chi connectivity index (χ4n) is 5.17. The van der Waals surface area contributed by atoms with Crippen LogP contribution in [0.2, 0.25) is 0 Å². The molecule has 2 aliphatic carbocycles. The highest BCUT2D eigenvalue weighted by Gasteiger charge is 2.65. The molecule has 1 N–H and O–H groups in total. The number of aliphatic hydroxyl groups is 1. The van der Waals surface area contributed by atoms with Crippen LogP contribution in [0.15, 0.2) is 35.0 Å². The maximum atomic E-state index is 13.2. The van der Waals surface area contributed by atoms with Crippen LogP contribution in [-0.4, -0.2) is 54.4 Å². The molecule has 1 saturated heterocycles. The number of esters is 1. The second kappa shape index (κ2) is 6.39. The van der Waals surface area contributed by atoms with E-state index in [9.17, 15) is 9.90 Å². The molecule has 2 aromatic rings. The summed E-state index contributed by atoms with van der Waals surface area (Å²) in [5, 5.41) is 15.1. The van der Waals surface area contributed by atoms with Crippen molar-refractivity contribution < 1.29 is 19.4 Å². The third kappa shape index (κ3) is 2.71. The Morgan fingerprint density at radius 1 is 1.15 bits per heavy atom. The lowest BCUT2D eigenvalue weighted by Gasteiger charge is -2.41. The van der Waals surface area contributed by atoms with E-state index in [1.165, 1.54) is 22.7 Å². The molecule has 5 rings (SSSR count). The number of rotatable bonds is 5. The van der Waals surface area contributed by atoms with E-state index in [0.29, 0.717) is 39.8 Å². The molecule has 0 aromatic carbocycles. The lowest BCUT2D eigenvalue weighted by molar-refractivity contribution is -0.172. The molecule has 0 radical (unpaired) electrons. The summed E-state index contributed by atoms with van der Waals surface area (Å²) in [7, 11) is 4.24. The Hall–Kier alpha value is -1.25. The quantitative estimate of drug-likeness (QED) is 0.612. The van der Waals surface area contributed by atoms with Crippen LogP contribution in [0.4, 0.5) is 0 Å². The monoisotopic (exact) mass is 405 g/mol. The first kappa shape index (κ1) is 17.8. The fraction of sp³-hybridized carbons (Fsp3) is 0.550. The number of hydrogen-bond acceptors (Lipinski definition) is 7. The van der Waals surface area contributed by atoms with Crippen molar-refractivity contribution in [2.75, 3.05) is 14.1 Å². The number of thiophene rings is 2. The summed E-state index contributed by atoms with van der Waals surface area (Å²) in [6, 6.07) is 7.78. The van der Waals surface area contributed by atoms with Gasteiger partial charge >= 0.3 is 5.97 Å². The van der Waals surface area contributed by atoms with E-state index in [4.69, 9.17) is 9.47 Å². The molecule has 3 heterocycles. The summed E-state index contributed by atoms with van der Waals surface area (Å²) < 4.78 is 11.8. The average Bonchev–Trinajstić information content (AvgIpc) is 3.04. The van der Waals surface area contributed by atoms with Crippen molar-refractivity contribution >= 4 is 28.6 Å². The van der Waals surface area contributed by atoms with Gasteiger partial charge in [0.25, 0.3) is 0 Å². The van der Waals surface area contributed by atoms with Crippen molar-refractivity contribution in [1.29, 1.82) is 0 Å². The van der Waals surface area contributed by atoms with Gasteiger partial charge in [-0.1, -0.05) is 12.1 Å². The Labute approximate surface area is 166 Å². The zero-order valence-electron chi connectivity index (χ0n) is 15.3. The maximum Gasteiger partial charge on any atom is 0.349 e. The molecule has 4 atom stereocenters. The van der Waals surface area contributed by atoms with Crippen LogP contribution in [0.5, 0.6) is 0 Å². The molecule has 3 aliphatic rings. The van der Waals surface area contributed by atoms with Gasteiger partial charge in [-0.15, -0.1) is 22.7 Å². The van der Waals surface area contributed by atoms with Gasteiger partial charge in [-0.25, -0.2) is 4.79 Å². The van der Waals surface area contributed by atoms with Gasteiger partial charge in [0.05, 0.1) is 22.0 Å². The van der Waals surface area contributed by atoms with Crippen molar-refractivity contribution in [2.24, 2.45) is 11.8 Å². The number of epoxide rings is 1. The maximum absolute atomic E-state index is 13.2. The van der Waals surface area contributed by atoms with Crippen LogP contribution in [0.25, 0.3) is 0 Å². The smallest absolute Gasteiger partial charge is 0.349 e. The third-order valence-electron chi connectivity index (χ3n) is 6.27. The molecule has 3 fully saturated rings. The molecule has 144 valence electrons. The van der Waals surface area contributed by atoms with Gasteiger partial charge in [-0.2, -0.15) is 0 Å². The van der Waals surface area contributed by atoms with Gasteiger partial charge in [0.15, 0.2) is 0 Å². The highest BCUT2D eigenvalue weighted by atomic mass is 32.1. The highest BCUT2D eigenvalue weighted by molar-refractivity contribution is 7.12. The molecule has 2 saturated carbocycles. The first-order valence-corrected chi connectivity index (χ1v) is 11.1. The largest absolute Gasteiger partial charge is 0.460 e. The van der Waals surface area contributed by atoms with Crippen molar-refractivity contribution in [3.63, 3.8) is 0 Å². The highest BCUT2D eigenvalue weighted by Crippen LogP contribution is 2.56. The number of carbonyl (C=O) groups is 1. The van der Waals surface area contributed by atoms with Crippen LogP contribution < -0.4 is 0 Å². The summed E-state index contributed by atoms with van der Waals surface area (Å²) in [5.41, 5.74) is -1.72. The van der Waals surface area contributed by atoms with Gasteiger partial charge in [0, 0.05) is 17.9 Å². The topological polar surface area (TPSA) is 62.3 Å². The molecule has 4 unspecified atom stereocenters. The predicted octanol–water partition coefficient (Wildman–Crippen LogP) is 2.69. The second-order valence-electron chi connectivity index (χ2n) is 8.01. The molecular formula is C20H23NO4S2. The first-order valence-electron chi connectivity index (χ1n) is 9.33. The number of nitrogens with zero attached hydrogens (tertiary/aromatic N) is 1. The Morgan fingerprint density at radius 2 is 1.70 bits per heavy atom. The summed E-state index contributed by atoms with van der Waals surface area (Å²) in [5.74, 6) is 0.242. The van der Waals surface area contributed by atoms with Crippen LogP contribution in [-0.2, 0) is 19.9 Å². The van der Waals surface area contributed by atoms with Gasteiger partial charge in [0.1, 0.15) is 6.10 Å². The van der Waals surface area contributed by atoms with E-state index >= 15 is 0 Å². The van der Waals surface area contributed by atoms with E-state index in [1.807, 2.05) is 22.9 Å². The van der Waals surface area contributed by atoms with Crippen LogP contribution >= 0.6 is 22.7 Å². The summed E-state index contributed by atoms with van der Waals surface area (Å²) >= 11 is 2.75. The number of hydrogen-bond donors (Lipinski definition) is 1. The van der Waals surface area contributed by atoms with Gasteiger partial charge < -0.3 is 19.5 Å². The molecule has 2 bridgehead atoms. The van der Waals surface area contributed by atoms with E-state index < -0.39 is 11.6 Å². The second-order valence-corrected chi connectivity index (χ2v) is 9.91. The van der Waals surface area contributed by atoms with Crippen molar-refractivity contribution in [2.45, 2.75) is 42.8 Å². The fourth-order valence-corrected chi connectivity index (χ4v) is 6.89. The van der Waals surface area contributed by atoms with Gasteiger partial charge in [-0.3, -0.25) is 0 Å². The van der Waals surface area contributed by atoms with E-state index in [2.05, 4.69) is 19.0 Å². The van der Waals surface area contributed by atoms with Gasteiger partial charge in [-0.05, 0) is 49.8 Å². The molecule has 0 spiro atoms. The van der Waals surface area contributed by atoms with Crippen molar-refractivity contribution in [3.8, 4) is 0 Å². The first-order chi connectivity index (χ1) is 13.0. The standard InChI is InChI=1S/C20H23NO4S2/c1-21(2)16-12-9-11(10-13(16)18-17(12)25-18)24-19(22)20(23,14-5-3-7-26-14)15-6-4-8-27-15/h3-8,11-13,16-18,23H,9-10H2,1-2H3. The van der Waals surface area contributed by atoms with Crippen LogP contribution in [0, 0.1) is 11.8 Å². The average molecular weight is 406 g/mol. The summed E-state index contributed by atoms with van der Waals surface area (Å²) in [6.45, 7) is 0. The molecule has 27 heavy (non-hydrogen) atoms. The van der Waals surface area contributed by atoms with Crippen LogP contribution in [0.3, 0.4) is 0 Å². The van der Waals surface area contributed by atoms with E-state index in [-0.39, 0.29) is 6.10 Å². The number of ether oxygens (including phenoxy) is 2. The lowest BCUT2D eigenvalue weighted by Crippen LogP contribution is -2.48. The van der Waals surface area contributed by atoms with Gasteiger partial charge in [0.2, 0.25) is 5.60 Å². The molecule has 5 nitrogen and oxygen atoms in total. The Balaban J connectivity index is 1.37. The molecule has 7 heteroatoms. The Morgan fingerprint density at radius 3 is 2.15 bits per heavy atom. The SMILES string of the molecule is CN(C)C1C2CC(OC(=O)C(O)(c3cccs3)c3cccs3)CC1C1OC21. The number of carbonyl (C=O) groups excluding carboxylic acids is 1. The third-order valence-corrected chi connectivity index (χ3v) is 8.23. The zero-order chi connectivity index (χ0) is 18.8. The van der Waals surface area contributed by atoms with E-state index in [0.717, 1.165) is 12.8 Å². The minimum atomic E-state index is -1.72. The van der Waals surface area contributed by atoms with Crippen LogP contribution in [0.1, 0.15) is 22.6 Å². The Bertz CT molecular complexity index is 767. The number of fused-ring (bicyclic) bond motifs is 5. The molecule has 0 amide bonds. The van der Waals surface area contributed by atoms with E-state index in [1.54, 1.807) is 12.1 Å². The molecule has 2 aromatic heterocycles. The zero-order valence-corrected chi connectivity index (χ0v) is 16.9. The minimum Gasteiger partial charge on any atom is -0.460 e. The van der Waals surface area contributed by atoms with Crippen molar-refractivity contribution in [3.05, 3.63) is 44.8 Å². The normalized spacial score (nSPS) is 34.5. The summed E-state index contributed by atoms with van der Waals surface area (Å²) in [4.78, 5) is 16.7. The summed E-state index contributed by atoms with van der Waals surface area (Å²) in [6.07, 6.45) is 2.08. The van der Waals surface area contributed by atoms with Crippen molar-refractivity contribution in [1.82, 2.24) is 4.90 Å². The molecule has 1 aliphatic heterocycles. The minimum absolute atomic E-state index is 0.161.